The third-order valence-corrected chi connectivity index (χ3v) is 4.63. The minimum absolute atomic E-state index is 0.893. The highest BCUT2D eigenvalue weighted by Gasteiger charge is 2.40. The van der Waals surface area contributed by atoms with Gasteiger partial charge in [-0.2, -0.15) is 0 Å². The number of fused-ring (bicyclic) bond motifs is 2. The van der Waals surface area contributed by atoms with E-state index < -0.39 is 0 Å². The Bertz CT molecular complexity index is 184. The molecule has 13 heavy (non-hydrogen) atoms. The Morgan fingerprint density at radius 3 is 2.69 bits per heavy atom. The fourth-order valence-corrected chi connectivity index (χ4v) is 3.99. The van der Waals surface area contributed by atoms with Crippen LogP contribution in [-0.4, -0.2) is 12.6 Å². The van der Waals surface area contributed by atoms with Gasteiger partial charge in [-0.3, -0.25) is 0 Å². The zero-order chi connectivity index (χ0) is 8.67. The zero-order valence-corrected chi connectivity index (χ0v) is 8.47. The highest BCUT2D eigenvalue weighted by molar-refractivity contribution is 4.92. The Morgan fingerprint density at radius 1 is 1.08 bits per heavy atom. The molecule has 3 rings (SSSR count). The first-order chi connectivity index (χ1) is 6.42. The number of hydrogen-bond donors (Lipinski definition) is 1. The molecule has 0 amide bonds. The first-order valence-corrected chi connectivity index (χ1v) is 6.15. The van der Waals surface area contributed by atoms with Crippen molar-refractivity contribution in [3.63, 3.8) is 0 Å². The molecule has 0 radical (unpaired) electrons. The van der Waals surface area contributed by atoms with Crippen LogP contribution in [0.4, 0.5) is 0 Å². The lowest BCUT2D eigenvalue weighted by Gasteiger charge is -2.24. The molecule has 1 nitrogen and oxygen atoms in total. The molecule has 2 saturated carbocycles. The highest BCUT2D eigenvalue weighted by atomic mass is 14.9. The lowest BCUT2D eigenvalue weighted by Crippen LogP contribution is -2.26. The molecule has 0 aromatic carbocycles. The maximum absolute atomic E-state index is 3.64. The summed E-state index contributed by atoms with van der Waals surface area (Å²) >= 11 is 0. The summed E-state index contributed by atoms with van der Waals surface area (Å²) in [7, 11) is 0. The molecule has 3 aliphatic rings. The van der Waals surface area contributed by atoms with Crippen LogP contribution < -0.4 is 5.32 Å². The zero-order valence-electron chi connectivity index (χ0n) is 8.47. The molecule has 4 unspecified atom stereocenters. The Balaban J connectivity index is 1.55. The molecule has 2 aliphatic carbocycles. The molecule has 0 aromatic rings. The van der Waals surface area contributed by atoms with Gasteiger partial charge in [-0.1, -0.05) is 6.42 Å². The number of nitrogens with one attached hydrogen (secondary N) is 1. The number of hydrogen-bond acceptors (Lipinski definition) is 1. The van der Waals surface area contributed by atoms with Crippen LogP contribution in [0, 0.1) is 17.8 Å². The molecule has 1 heterocycles. The molecule has 1 saturated heterocycles. The van der Waals surface area contributed by atoms with E-state index in [0.717, 1.165) is 23.8 Å². The fourth-order valence-electron chi connectivity index (χ4n) is 3.99. The van der Waals surface area contributed by atoms with Gasteiger partial charge in [0, 0.05) is 6.04 Å². The summed E-state index contributed by atoms with van der Waals surface area (Å²) in [4.78, 5) is 0. The van der Waals surface area contributed by atoms with Crippen molar-refractivity contribution in [3.05, 3.63) is 0 Å². The van der Waals surface area contributed by atoms with Crippen LogP contribution in [0.3, 0.4) is 0 Å². The van der Waals surface area contributed by atoms with Gasteiger partial charge in [0.1, 0.15) is 0 Å². The van der Waals surface area contributed by atoms with Crippen molar-refractivity contribution in [2.45, 2.75) is 51.0 Å². The molecular formula is C12H21N. The van der Waals surface area contributed by atoms with Crippen LogP contribution >= 0.6 is 0 Å². The second kappa shape index (κ2) is 3.27. The normalized spacial score (nSPS) is 48.9. The van der Waals surface area contributed by atoms with Crippen LogP contribution in [0.2, 0.25) is 0 Å². The van der Waals surface area contributed by atoms with Crippen LogP contribution in [-0.2, 0) is 0 Å². The Hall–Kier alpha value is -0.0400. The van der Waals surface area contributed by atoms with E-state index in [0.29, 0.717) is 0 Å². The van der Waals surface area contributed by atoms with Crippen LogP contribution in [0.1, 0.15) is 44.9 Å². The van der Waals surface area contributed by atoms with Gasteiger partial charge in [0.15, 0.2) is 0 Å². The predicted molar refractivity (Wildman–Crippen MR) is 54.6 cm³/mol. The smallest absolute Gasteiger partial charge is 0.00702 e. The maximum atomic E-state index is 3.64. The minimum Gasteiger partial charge on any atom is -0.314 e. The molecule has 1 aliphatic heterocycles. The van der Waals surface area contributed by atoms with Gasteiger partial charge < -0.3 is 5.32 Å². The molecule has 4 atom stereocenters. The van der Waals surface area contributed by atoms with Gasteiger partial charge in [0.2, 0.25) is 0 Å². The minimum atomic E-state index is 0.893. The van der Waals surface area contributed by atoms with E-state index in [-0.39, 0.29) is 0 Å². The van der Waals surface area contributed by atoms with E-state index in [9.17, 15) is 0 Å². The maximum Gasteiger partial charge on any atom is 0.00702 e. The average molecular weight is 179 g/mol. The lowest BCUT2D eigenvalue weighted by atomic mass is 9.84. The Labute approximate surface area is 81.3 Å². The van der Waals surface area contributed by atoms with Gasteiger partial charge in [-0.25, -0.2) is 0 Å². The van der Waals surface area contributed by atoms with Crippen LogP contribution in [0.25, 0.3) is 0 Å². The van der Waals surface area contributed by atoms with Crippen molar-refractivity contribution < 1.29 is 0 Å². The van der Waals surface area contributed by atoms with Crippen molar-refractivity contribution in [3.8, 4) is 0 Å². The topological polar surface area (TPSA) is 12.0 Å². The van der Waals surface area contributed by atoms with E-state index in [2.05, 4.69) is 5.32 Å². The predicted octanol–water partition coefficient (Wildman–Crippen LogP) is 2.56. The van der Waals surface area contributed by atoms with Gasteiger partial charge >= 0.3 is 0 Å². The van der Waals surface area contributed by atoms with Gasteiger partial charge in [-0.15, -0.1) is 0 Å². The van der Waals surface area contributed by atoms with E-state index in [1.54, 1.807) is 25.7 Å². The SMILES string of the molecule is C1CNC(CC2CC3CCC2C3)C1. The molecule has 3 fully saturated rings. The van der Waals surface area contributed by atoms with Crippen molar-refractivity contribution >= 4 is 0 Å². The molecular weight excluding hydrogens is 158 g/mol. The largest absolute Gasteiger partial charge is 0.314 e. The summed E-state index contributed by atoms with van der Waals surface area (Å²) in [6.07, 6.45) is 10.6. The van der Waals surface area contributed by atoms with Crippen molar-refractivity contribution in [2.24, 2.45) is 17.8 Å². The third kappa shape index (κ3) is 1.52. The summed E-state index contributed by atoms with van der Waals surface area (Å²) in [6, 6.07) is 0.893. The molecule has 1 heteroatoms. The first-order valence-electron chi connectivity index (χ1n) is 6.15. The summed E-state index contributed by atoms with van der Waals surface area (Å²) < 4.78 is 0. The van der Waals surface area contributed by atoms with Crippen molar-refractivity contribution in [1.29, 1.82) is 0 Å². The summed E-state index contributed by atoms with van der Waals surface area (Å²) in [6.45, 7) is 1.28. The van der Waals surface area contributed by atoms with Gasteiger partial charge in [0.25, 0.3) is 0 Å². The van der Waals surface area contributed by atoms with E-state index >= 15 is 0 Å². The van der Waals surface area contributed by atoms with Crippen LogP contribution in [0.5, 0.6) is 0 Å². The second-order valence-corrected chi connectivity index (χ2v) is 5.46. The standard InChI is InChI=1S/C12H21N/c1-2-12(13-5-1)8-11-7-9-3-4-10(11)6-9/h9-13H,1-8H2. The molecule has 2 bridgehead atoms. The van der Waals surface area contributed by atoms with E-state index in [4.69, 9.17) is 0 Å². The third-order valence-electron chi connectivity index (χ3n) is 4.63. The fraction of sp³-hybridized carbons (Fsp3) is 1.00. The lowest BCUT2D eigenvalue weighted by molar-refractivity contribution is 0.287. The average Bonchev–Trinajstić information content (AvgIpc) is 2.77. The molecule has 0 spiro atoms. The summed E-state index contributed by atoms with van der Waals surface area (Å²) in [5.41, 5.74) is 0. The van der Waals surface area contributed by atoms with Crippen LogP contribution in [0.15, 0.2) is 0 Å². The molecule has 74 valence electrons. The number of rotatable bonds is 2. The molecule has 1 N–H and O–H groups in total. The van der Waals surface area contributed by atoms with Crippen molar-refractivity contribution in [1.82, 2.24) is 5.32 Å². The second-order valence-electron chi connectivity index (χ2n) is 5.46. The first kappa shape index (κ1) is 8.28. The monoisotopic (exact) mass is 179 g/mol. The van der Waals surface area contributed by atoms with Gasteiger partial charge in [0.05, 0.1) is 0 Å². The molecule has 0 aromatic heterocycles. The van der Waals surface area contributed by atoms with E-state index in [1.807, 2.05) is 0 Å². The Kier molecular flexibility index (Phi) is 2.08. The highest BCUT2D eigenvalue weighted by Crippen LogP contribution is 2.50. The van der Waals surface area contributed by atoms with Crippen molar-refractivity contribution in [2.75, 3.05) is 6.54 Å². The van der Waals surface area contributed by atoms with Gasteiger partial charge in [-0.05, 0) is 62.8 Å². The summed E-state index contributed by atoms with van der Waals surface area (Å²) in [5, 5.41) is 3.64. The quantitative estimate of drug-likeness (QED) is 0.687. The summed E-state index contributed by atoms with van der Waals surface area (Å²) in [5.74, 6) is 3.37. The Morgan fingerprint density at radius 2 is 2.08 bits per heavy atom. The van der Waals surface area contributed by atoms with E-state index in [1.165, 1.54) is 25.8 Å².